The molecule has 1 rings (SSSR count). The van der Waals surface area contributed by atoms with Crippen molar-refractivity contribution in [3.63, 3.8) is 0 Å². The van der Waals surface area contributed by atoms with Crippen molar-refractivity contribution in [1.29, 1.82) is 0 Å². The Kier molecular flexibility index (Phi) is 3.77. The van der Waals surface area contributed by atoms with Crippen molar-refractivity contribution in [1.82, 2.24) is 5.32 Å². The first kappa shape index (κ1) is 10.9. The van der Waals surface area contributed by atoms with Crippen LogP contribution in [0.1, 0.15) is 19.4 Å². The van der Waals surface area contributed by atoms with Crippen LogP contribution in [-0.4, -0.2) is 13.2 Å². The van der Waals surface area contributed by atoms with E-state index in [0.717, 1.165) is 23.5 Å². The van der Waals surface area contributed by atoms with Gasteiger partial charge < -0.3 is 15.8 Å². The monoisotopic (exact) mass is 194 g/mol. The summed E-state index contributed by atoms with van der Waals surface area (Å²) in [5.41, 5.74) is 7.52. The summed E-state index contributed by atoms with van der Waals surface area (Å²) < 4.78 is 5.24. The van der Waals surface area contributed by atoms with Gasteiger partial charge in [0.25, 0.3) is 0 Å². The molecule has 0 atom stereocenters. The Morgan fingerprint density at radius 3 is 2.71 bits per heavy atom. The van der Waals surface area contributed by atoms with Crippen LogP contribution < -0.4 is 15.8 Å². The molecule has 3 heteroatoms. The van der Waals surface area contributed by atoms with Crippen LogP contribution in [0.2, 0.25) is 0 Å². The third kappa shape index (κ3) is 2.92. The first-order chi connectivity index (χ1) is 6.63. The molecule has 1 aromatic carbocycles. The highest BCUT2D eigenvalue weighted by atomic mass is 16.5. The van der Waals surface area contributed by atoms with E-state index >= 15 is 0 Å². The number of anilines is 1. The van der Waals surface area contributed by atoms with E-state index in [-0.39, 0.29) is 0 Å². The summed E-state index contributed by atoms with van der Waals surface area (Å²) in [5, 5.41) is 3.34. The number of rotatable bonds is 4. The summed E-state index contributed by atoms with van der Waals surface area (Å²) in [5.74, 6) is 0.846. The smallest absolute Gasteiger partial charge is 0.125 e. The highest BCUT2D eigenvalue weighted by molar-refractivity contribution is 5.48. The van der Waals surface area contributed by atoms with E-state index in [1.165, 1.54) is 0 Å². The summed E-state index contributed by atoms with van der Waals surface area (Å²) in [7, 11) is 1.66. The van der Waals surface area contributed by atoms with Crippen LogP contribution in [0, 0.1) is 0 Å². The van der Waals surface area contributed by atoms with Gasteiger partial charge in [0.05, 0.1) is 7.11 Å². The van der Waals surface area contributed by atoms with Crippen molar-refractivity contribution in [3.8, 4) is 5.75 Å². The minimum Gasteiger partial charge on any atom is -0.496 e. The fourth-order valence-electron chi connectivity index (χ4n) is 1.22. The third-order valence-electron chi connectivity index (χ3n) is 2.01. The van der Waals surface area contributed by atoms with Crippen molar-refractivity contribution in [2.45, 2.75) is 26.4 Å². The molecule has 0 saturated heterocycles. The van der Waals surface area contributed by atoms with Gasteiger partial charge >= 0.3 is 0 Å². The Balaban J connectivity index is 2.75. The fourth-order valence-corrected chi connectivity index (χ4v) is 1.22. The van der Waals surface area contributed by atoms with Crippen LogP contribution in [0.4, 0.5) is 5.69 Å². The molecule has 1 aromatic rings. The molecular formula is C11H18N2O. The van der Waals surface area contributed by atoms with Gasteiger partial charge in [-0.25, -0.2) is 0 Å². The van der Waals surface area contributed by atoms with Gasteiger partial charge in [-0.05, 0) is 6.07 Å². The number of nitrogens with one attached hydrogen (secondary N) is 1. The number of hydrogen-bond donors (Lipinski definition) is 2. The number of ether oxygens (including phenoxy) is 1. The molecule has 0 aliphatic rings. The highest BCUT2D eigenvalue weighted by Crippen LogP contribution is 2.21. The third-order valence-corrected chi connectivity index (χ3v) is 2.01. The van der Waals surface area contributed by atoms with Gasteiger partial charge in [-0.3, -0.25) is 0 Å². The van der Waals surface area contributed by atoms with E-state index in [1.807, 2.05) is 18.2 Å². The second-order valence-electron chi connectivity index (χ2n) is 3.61. The molecule has 0 radical (unpaired) electrons. The molecular weight excluding hydrogens is 176 g/mol. The average molecular weight is 194 g/mol. The van der Waals surface area contributed by atoms with Gasteiger partial charge in [0.1, 0.15) is 5.75 Å². The Bertz CT molecular complexity index is 297. The fraction of sp³-hybridized carbons (Fsp3) is 0.455. The van der Waals surface area contributed by atoms with E-state index in [4.69, 9.17) is 10.5 Å². The van der Waals surface area contributed by atoms with E-state index in [9.17, 15) is 0 Å². The van der Waals surface area contributed by atoms with Crippen molar-refractivity contribution in [2.24, 2.45) is 0 Å². The Morgan fingerprint density at radius 2 is 2.14 bits per heavy atom. The Hall–Kier alpha value is -1.22. The summed E-state index contributed by atoms with van der Waals surface area (Å²) in [4.78, 5) is 0. The maximum Gasteiger partial charge on any atom is 0.125 e. The van der Waals surface area contributed by atoms with Crippen molar-refractivity contribution < 1.29 is 4.74 Å². The van der Waals surface area contributed by atoms with Crippen LogP contribution in [0.15, 0.2) is 18.2 Å². The van der Waals surface area contributed by atoms with Crippen LogP contribution in [-0.2, 0) is 6.54 Å². The maximum absolute atomic E-state index is 5.66. The molecule has 0 unspecified atom stereocenters. The predicted octanol–water partition coefficient (Wildman–Crippen LogP) is 1.78. The number of nitrogens with two attached hydrogens (primary N) is 1. The molecule has 0 saturated carbocycles. The molecule has 0 aromatic heterocycles. The molecule has 3 N–H and O–H groups in total. The normalized spacial score (nSPS) is 10.6. The topological polar surface area (TPSA) is 47.3 Å². The molecule has 0 spiro atoms. The van der Waals surface area contributed by atoms with E-state index in [1.54, 1.807) is 7.11 Å². The predicted molar refractivity (Wildman–Crippen MR) is 59.4 cm³/mol. The maximum atomic E-state index is 5.66. The Labute approximate surface area is 85.3 Å². The standard InChI is InChI=1S/C11H18N2O/c1-8(2)13-7-9-4-5-10(12)6-11(9)14-3/h4-6,8,13H,7,12H2,1-3H3. The summed E-state index contributed by atoms with van der Waals surface area (Å²) in [6.07, 6.45) is 0. The number of hydrogen-bond acceptors (Lipinski definition) is 3. The van der Waals surface area contributed by atoms with E-state index in [2.05, 4.69) is 19.2 Å². The van der Waals surface area contributed by atoms with Gasteiger partial charge in [-0.1, -0.05) is 19.9 Å². The lowest BCUT2D eigenvalue weighted by molar-refractivity contribution is 0.406. The van der Waals surface area contributed by atoms with E-state index < -0.39 is 0 Å². The number of nitrogen functional groups attached to an aromatic ring is 1. The van der Waals surface area contributed by atoms with Crippen LogP contribution in [0.5, 0.6) is 5.75 Å². The van der Waals surface area contributed by atoms with Gasteiger partial charge in [0.2, 0.25) is 0 Å². The first-order valence-electron chi connectivity index (χ1n) is 4.79. The molecule has 0 amide bonds. The van der Waals surface area contributed by atoms with Gasteiger partial charge in [-0.15, -0.1) is 0 Å². The summed E-state index contributed by atoms with van der Waals surface area (Å²) in [6.45, 7) is 5.04. The van der Waals surface area contributed by atoms with Gasteiger partial charge in [0, 0.05) is 29.9 Å². The zero-order valence-electron chi connectivity index (χ0n) is 9.00. The minimum atomic E-state index is 0.470. The zero-order chi connectivity index (χ0) is 10.6. The average Bonchev–Trinajstić information content (AvgIpc) is 2.15. The second-order valence-corrected chi connectivity index (χ2v) is 3.61. The van der Waals surface area contributed by atoms with Gasteiger partial charge in [-0.2, -0.15) is 0 Å². The van der Waals surface area contributed by atoms with Gasteiger partial charge in [0.15, 0.2) is 0 Å². The SMILES string of the molecule is COc1cc(N)ccc1CNC(C)C. The number of benzene rings is 1. The van der Waals surface area contributed by atoms with Crippen LogP contribution in [0.3, 0.4) is 0 Å². The van der Waals surface area contributed by atoms with Crippen molar-refractivity contribution in [3.05, 3.63) is 23.8 Å². The lowest BCUT2D eigenvalue weighted by Gasteiger charge is -2.12. The summed E-state index contributed by atoms with van der Waals surface area (Å²) >= 11 is 0. The van der Waals surface area contributed by atoms with Crippen LogP contribution >= 0.6 is 0 Å². The molecule has 14 heavy (non-hydrogen) atoms. The molecule has 0 aliphatic carbocycles. The lowest BCUT2D eigenvalue weighted by atomic mass is 10.1. The summed E-state index contributed by atoms with van der Waals surface area (Å²) in [6, 6.07) is 6.19. The molecule has 0 aliphatic heterocycles. The quantitative estimate of drug-likeness (QED) is 0.718. The molecule has 3 nitrogen and oxygen atoms in total. The van der Waals surface area contributed by atoms with Crippen LogP contribution in [0.25, 0.3) is 0 Å². The largest absolute Gasteiger partial charge is 0.496 e. The Morgan fingerprint density at radius 1 is 1.43 bits per heavy atom. The van der Waals surface area contributed by atoms with Crippen molar-refractivity contribution in [2.75, 3.05) is 12.8 Å². The zero-order valence-corrected chi connectivity index (χ0v) is 9.00. The molecule has 0 bridgehead atoms. The molecule has 0 heterocycles. The molecule has 78 valence electrons. The first-order valence-corrected chi connectivity index (χ1v) is 4.79. The number of methoxy groups -OCH3 is 1. The molecule has 0 fully saturated rings. The second kappa shape index (κ2) is 4.86. The lowest BCUT2D eigenvalue weighted by Crippen LogP contribution is -2.22. The minimum absolute atomic E-state index is 0.470. The van der Waals surface area contributed by atoms with E-state index in [0.29, 0.717) is 6.04 Å². The highest BCUT2D eigenvalue weighted by Gasteiger charge is 2.03. The van der Waals surface area contributed by atoms with Crippen molar-refractivity contribution >= 4 is 5.69 Å².